The van der Waals surface area contributed by atoms with E-state index in [2.05, 4.69) is 29.3 Å². The first-order valence-electron chi connectivity index (χ1n) is 8.05. The number of rotatable bonds is 7. The van der Waals surface area contributed by atoms with Crippen molar-refractivity contribution in [2.24, 2.45) is 0 Å². The van der Waals surface area contributed by atoms with Gasteiger partial charge in [0.25, 0.3) is 0 Å². The van der Waals surface area contributed by atoms with Crippen molar-refractivity contribution in [2.45, 2.75) is 51.5 Å². The van der Waals surface area contributed by atoms with Gasteiger partial charge in [0.2, 0.25) is 0 Å². The fourth-order valence-corrected chi connectivity index (χ4v) is 2.79. The predicted octanol–water partition coefficient (Wildman–Crippen LogP) is 3.73. The van der Waals surface area contributed by atoms with Crippen molar-refractivity contribution in [1.82, 2.24) is 0 Å². The molecule has 2 N–H and O–H groups in total. The number of benzene rings is 1. The third kappa shape index (κ3) is 4.66. The van der Waals surface area contributed by atoms with Crippen molar-refractivity contribution in [1.29, 1.82) is 0 Å². The monoisotopic (exact) mass is 290 g/mol. The van der Waals surface area contributed by atoms with E-state index in [-0.39, 0.29) is 0 Å². The van der Waals surface area contributed by atoms with Crippen molar-refractivity contribution in [2.75, 3.05) is 23.3 Å². The van der Waals surface area contributed by atoms with Crippen LogP contribution in [-0.4, -0.2) is 30.2 Å². The Morgan fingerprint density at radius 3 is 2.48 bits per heavy atom. The largest absolute Gasteiger partial charge is 0.480 e. The van der Waals surface area contributed by atoms with Crippen molar-refractivity contribution < 1.29 is 9.90 Å². The minimum Gasteiger partial charge on any atom is -0.480 e. The van der Waals surface area contributed by atoms with Crippen LogP contribution >= 0.6 is 0 Å². The summed E-state index contributed by atoms with van der Waals surface area (Å²) in [6, 6.07) is 7.67. The van der Waals surface area contributed by atoms with E-state index in [0.717, 1.165) is 31.6 Å². The molecule has 116 valence electrons. The molecule has 0 aromatic heterocycles. The molecule has 0 aliphatic carbocycles. The second-order valence-corrected chi connectivity index (χ2v) is 5.77. The summed E-state index contributed by atoms with van der Waals surface area (Å²) in [5.74, 6) is -0.774. The summed E-state index contributed by atoms with van der Waals surface area (Å²) in [4.78, 5) is 13.7. The molecule has 0 saturated carbocycles. The second kappa shape index (κ2) is 7.91. The molecule has 1 aromatic rings. The molecule has 1 fully saturated rings. The SMILES string of the molecule is CCCCC(Nc1ccc(N2CCCCC2)cc1)C(=O)O. The summed E-state index contributed by atoms with van der Waals surface area (Å²) < 4.78 is 0. The standard InChI is InChI=1S/C17H26N2O2/c1-2-3-7-16(17(20)21)18-14-8-10-15(11-9-14)19-12-5-4-6-13-19/h8-11,16,18H,2-7,12-13H2,1H3,(H,20,21). The van der Waals surface area contributed by atoms with Crippen molar-refractivity contribution in [3.05, 3.63) is 24.3 Å². The predicted molar refractivity (Wildman–Crippen MR) is 87.1 cm³/mol. The molecule has 1 saturated heterocycles. The van der Waals surface area contributed by atoms with Gasteiger partial charge in [-0.15, -0.1) is 0 Å². The lowest BCUT2D eigenvalue weighted by Crippen LogP contribution is -2.30. The van der Waals surface area contributed by atoms with E-state index < -0.39 is 12.0 Å². The first-order chi connectivity index (χ1) is 10.2. The molecule has 4 nitrogen and oxygen atoms in total. The number of nitrogens with zero attached hydrogens (tertiary/aromatic N) is 1. The number of carboxylic acids is 1. The Bertz CT molecular complexity index is 439. The van der Waals surface area contributed by atoms with Crippen LogP contribution in [0.15, 0.2) is 24.3 Å². The lowest BCUT2D eigenvalue weighted by atomic mass is 10.1. The number of carboxylic acid groups (broad SMARTS) is 1. The summed E-state index contributed by atoms with van der Waals surface area (Å²) in [5.41, 5.74) is 2.12. The van der Waals surface area contributed by atoms with Gasteiger partial charge < -0.3 is 15.3 Å². The van der Waals surface area contributed by atoms with E-state index in [0.29, 0.717) is 6.42 Å². The molecule has 0 bridgehead atoms. The van der Waals surface area contributed by atoms with Crippen LogP contribution < -0.4 is 10.2 Å². The quantitative estimate of drug-likeness (QED) is 0.803. The summed E-state index contributed by atoms with van der Waals surface area (Å²) >= 11 is 0. The van der Waals surface area contributed by atoms with E-state index in [4.69, 9.17) is 0 Å². The number of anilines is 2. The molecule has 0 radical (unpaired) electrons. The number of unbranched alkanes of at least 4 members (excludes halogenated alkanes) is 1. The highest BCUT2D eigenvalue weighted by atomic mass is 16.4. The molecule has 1 heterocycles. The van der Waals surface area contributed by atoms with Gasteiger partial charge in [-0.25, -0.2) is 4.79 Å². The van der Waals surface area contributed by atoms with Crippen molar-refractivity contribution >= 4 is 17.3 Å². The van der Waals surface area contributed by atoms with Gasteiger partial charge in [-0.2, -0.15) is 0 Å². The van der Waals surface area contributed by atoms with Gasteiger partial charge in [0.1, 0.15) is 6.04 Å². The minimum atomic E-state index is -0.774. The van der Waals surface area contributed by atoms with Crippen molar-refractivity contribution in [3.8, 4) is 0 Å². The molecular weight excluding hydrogens is 264 g/mol. The fraction of sp³-hybridized carbons (Fsp3) is 0.588. The van der Waals surface area contributed by atoms with Crippen molar-refractivity contribution in [3.63, 3.8) is 0 Å². The Labute approximate surface area is 127 Å². The average molecular weight is 290 g/mol. The second-order valence-electron chi connectivity index (χ2n) is 5.77. The maximum atomic E-state index is 11.3. The molecule has 1 atom stereocenters. The molecule has 4 heteroatoms. The van der Waals surface area contributed by atoms with Crippen LogP contribution in [0.25, 0.3) is 0 Å². The maximum absolute atomic E-state index is 11.3. The lowest BCUT2D eigenvalue weighted by Gasteiger charge is -2.29. The number of piperidine rings is 1. The van der Waals surface area contributed by atoms with Crippen LogP contribution in [0, 0.1) is 0 Å². The third-order valence-electron chi connectivity index (χ3n) is 4.07. The zero-order chi connectivity index (χ0) is 15.1. The van der Waals surface area contributed by atoms with E-state index in [1.165, 1.54) is 24.9 Å². The van der Waals surface area contributed by atoms with Gasteiger partial charge in [-0.3, -0.25) is 0 Å². The third-order valence-corrected chi connectivity index (χ3v) is 4.07. The van der Waals surface area contributed by atoms with Crippen LogP contribution in [0.4, 0.5) is 11.4 Å². The van der Waals surface area contributed by atoms with Crippen LogP contribution in [0.5, 0.6) is 0 Å². The van der Waals surface area contributed by atoms with Gasteiger partial charge in [0.15, 0.2) is 0 Å². The molecule has 2 rings (SSSR count). The molecule has 1 aromatic carbocycles. The highest BCUT2D eigenvalue weighted by Crippen LogP contribution is 2.22. The molecule has 1 aliphatic rings. The molecule has 21 heavy (non-hydrogen) atoms. The van der Waals surface area contributed by atoms with Crippen LogP contribution in [0.2, 0.25) is 0 Å². The van der Waals surface area contributed by atoms with Crippen LogP contribution in [-0.2, 0) is 4.79 Å². The van der Waals surface area contributed by atoms with E-state index >= 15 is 0 Å². The van der Waals surface area contributed by atoms with Gasteiger partial charge in [-0.1, -0.05) is 19.8 Å². The Balaban J connectivity index is 1.95. The summed E-state index contributed by atoms with van der Waals surface area (Å²) in [5, 5.41) is 12.4. The summed E-state index contributed by atoms with van der Waals surface area (Å²) in [6.07, 6.45) is 6.46. The number of aliphatic carboxylic acids is 1. The smallest absolute Gasteiger partial charge is 0.326 e. The van der Waals surface area contributed by atoms with Gasteiger partial charge >= 0.3 is 5.97 Å². The molecule has 0 amide bonds. The average Bonchev–Trinajstić information content (AvgIpc) is 2.52. The zero-order valence-corrected chi connectivity index (χ0v) is 12.8. The Morgan fingerprint density at radius 1 is 1.24 bits per heavy atom. The molecule has 0 spiro atoms. The Morgan fingerprint density at radius 2 is 1.90 bits per heavy atom. The van der Waals surface area contributed by atoms with Crippen LogP contribution in [0.1, 0.15) is 45.4 Å². The maximum Gasteiger partial charge on any atom is 0.326 e. The number of nitrogens with one attached hydrogen (secondary N) is 1. The molecular formula is C17H26N2O2. The van der Waals surface area contributed by atoms with Gasteiger partial charge in [0, 0.05) is 24.5 Å². The fourth-order valence-electron chi connectivity index (χ4n) is 2.79. The number of hydrogen-bond acceptors (Lipinski definition) is 3. The van der Waals surface area contributed by atoms with Gasteiger partial charge in [-0.05, 0) is 49.9 Å². The van der Waals surface area contributed by atoms with E-state index in [1.807, 2.05) is 12.1 Å². The Kier molecular flexibility index (Phi) is 5.90. The van der Waals surface area contributed by atoms with Crippen LogP contribution in [0.3, 0.4) is 0 Å². The highest BCUT2D eigenvalue weighted by Gasteiger charge is 2.16. The van der Waals surface area contributed by atoms with Gasteiger partial charge in [0.05, 0.1) is 0 Å². The highest BCUT2D eigenvalue weighted by molar-refractivity contribution is 5.77. The lowest BCUT2D eigenvalue weighted by molar-refractivity contribution is -0.138. The summed E-state index contributed by atoms with van der Waals surface area (Å²) in [7, 11) is 0. The molecule has 1 aliphatic heterocycles. The van der Waals surface area contributed by atoms with E-state index in [9.17, 15) is 9.90 Å². The molecule has 1 unspecified atom stereocenters. The number of carbonyl (C=O) groups is 1. The van der Waals surface area contributed by atoms with E-state index in [1.54, 1.807) is 0 Å². The normalized spacial score (nSPS) is 16.5. The first kappa shape index (κ1) is 15.7. The zero-order valence-electron chi connectivity index (χ0n) is 12.8. The topological polar surface area (TPSA) is 52.6 Å². The number of hydrogen-bond donors (Lipinski definition) is 2. The Hall–Kier alpha value is -1.71. The first-order valence-corrected chi connectivity index (χ1v) is 8.05. The minimum absolute atomic E-state index is 0.495. The summed E-state index contributed by atoms with van der Waals surface area (Å²) in [6.45, 7) is 4.33.